The van der Waals surface area contributed by atoms with Crippen molar-refractivity contribution in [2.45, 2.75) is 45.3 Å². The summed E-state index contributed by atoms with van der Waals surface area (Å²) in [7, 11) is 1.88. The van der Waals surface area contributed by atoms with Crippen molar-refractivity contribution in [3.05, 3.63) is 34.6 Å². The maximum absolute atomic E-state index is 14.0. The van der Waals surface area contributed by atoms with Crippen LogP contribution in [0.5, 0.6) is 0 Å². The van der Waals surface area contributed by atoms with Gasteiger partial charge in [0.2, 0.25) is 0 Å². The van der Waals surface area contributed by atoms with Gasteiger partial charge in [0.05, 0.1) is 10.6 Å². The second-order valence-corrected chi connectivity index (χ2v) is 5.26. The molecule has 2 unspecified atom stereocenters. The summed E-state index contributed by atoms with van der Waals surface area (Å²) >= 11 is 5.82. The highest BCUT2D eigenvalue weighted by Crippen LogP contribution is 2.26. The number of hydrogen-bond donors (Lipinski definition) is 1. The number of rotatable bonds is 7. The summed E-state index contributed by atoms with van der Waals surface area (Å²) in [4.78, 5) is 0. The standard InChI is InChI=1S/C15H23ClFNO/c1-5-15(3,19-6-2)13(18-4)10-11-8-7-9-12(16)14(11)17/h7-9,13,18H,5-6,10H2,1-4H3. The molecular formula is C15H23ClFNO. The molecule has 2 atom stereocenters. The molecule has 19 heavy (non-hydrogen) atoms. The Kier molecular flexibility index (Phi) is 6.24. The van der Waals surface area contributed by atoms with E-state index in [1.54, 1.807) is 18.2 Å². The summed E-state index contributed by atoms with van der Waals surface area (Å²) in [6, 6.07) is 5.15. The summed E-state index contributed by atoms with van der Waals surface area (Å²) in [5, 5.41) is 3.41. The first-order valence-corrected chi connectivity index (χ1v) is 7.10. The summed E-state index contributed by atoms with van der Waals surface area (Å²) < 4.78 is 19.8. The van der Waals surface area contributed by atoms with Crippen molar-refractivity contribution < 1.29 is 9.13 Å². The average molecular weight is 288 g/mol. The van der Waals surface area contributed by atoms with Crippen LogP contribution in [0.15, 0.2) is 18.2 Å². The third kappa shape index (κ3) is 3.91. The normalized spacial score (nSPS) is 16.1. The molecule has 1 N–H and O–H groups in total. The Morgan fingerprint density at radius 3 is 2.63 bits per heavy atom. The molecule has 0 bridgehead atoms. The van der Waals surface area contributed by atoms with Crippen molar-refractivity contribution in [3.8, 4) is 0 Å². The Morgan fingerprint density at radius 2 is 2.11 bits per heavy atom. The van der Waals surface area contributed by atoms with E-state index in [4.69, 9.17) is 16.3 Å². The van der Waals surface area contributed by atoms with E-state index in [0.717, 1.165) is 6.42 Å². The molecule has 0 aliphatic carbocycles. The number of benzene rings is 1. The van der Waals surface area contributed by atoms with E-state index in [0.29, 0.717) is 18.6 Å². The molecule has 0 aliphatic heterocycles. The zero-order valence-corrected chi connectivity index (χ0v) is 12.9. The van der Waals surface area contributed by atoms with Crippen LogP contribution < -0.4 is 5.32 Å². The highest BCUT2D eigenvalue weighted by atomic mass is 35.5. The van der Waals surface area contributed by atoms with Crippen LogP contribution in [0, 0.1) is 5.82 Å². The van der Waals surface area contributed by atoms with E-state index in [2.05, 4.69) is 19.2 Å². The average Bonchev–Trinajstić information content (AvgIpc) is 2.40. The minimum atomic E-state index is -0.334. The fourth-order valence-corrected chi connectivity index (χ4v) is 2.52. The first-order chi connectivity index (χ1) is 8.98. The van der Waals surface area contributed by atoms with Crippen LogP contribution in [-0.4, -0.2) is 25.3 Å². The van der Waals surface area contributed by atoms with Crippen LogP contribution in [-0.2, 0) is 11.2 Å². The second-order valence-electron chi connectivity index (χ2n) is 4.86. The lowest BCUT2D eigenvalue weighted by Crippen LogP contribution is -2.50. The molecule has 0 aromatic heterocycles. The maximum atomic E-state index is 14.0. The topological polar surface area (TPSA) is 21.3 Å². The minimum Gasteiger partial charge on any atom is -0.374 e. The lowest BCUT2D eigenvalue weighted by Gasteiger charge is -2.37. The summed E-state index contributed by atoms with van der Waals surface area (Å²) in [6.45, 7) is 6.75. The van der Waals surface area contributed by atoms with Crippen LogP contribution in [0.2, 0.25) is 5.02 Å². The fourth-order valence-electron chi connectivity index (χ4n) is 2.33. The molecule has 0 aliphatic rings. The Morgan fingerprint density at radius 1 is 1.42 bits per heavy atom. The highest BCUT2D eigenvalue weighted by Gasteiger charge is 2.32. The van der Waals surface area contributed by atoms with Gasteiger partial charge in [-0.25, -0.2) is 4.39 Å². The van der Waals surface area contributed by atoms with E-state index >= 15 is 0 Å². The quantitative estimate of drug-likeness (QED) is 0.823. The molecule has 0 amide bonds. The number of hydrogen-bond acceptors (Lipinski definition) is 2. The van der Waals surface area contributed by atoms with Gasteiger partial charge in [-0.3, -0.25) is 0 Å². The maximum Gasteiger partial charge on any atom is 0.145 e. The van der Waals surface area contributed by atoms with Gasteiger partial charge in [0.15, 0.2) is 0 Å². The van der Waals surface area contributed by atoms with Gasteiger partial charge in [-0.05, 0) is 45.4 Å². The van der Waals surface area contributed by atoms with Gasteiger partial charge in [-0.1, -0.05) is 30.7 Å². The first-order valence-electron chi connectivity index (χ1n) is 6.72. The predicted octanol–water partition coefficient (Wildman–Crippen LogP) is 3.81. The van der Waals surface area contributed by atoms with Crippen LogP contribution in [0.25, 0.3) is 0 Å². The van der Waals surface area contributed by atoms with Crippen molar-refractivity contribution in [2.75, 3.05) is 13.7 Å². The Hall–Kier alpha value is -0.640. The largest absolute Gasteiger partial charge is 0.374 e. The number of likely N-dealkylation sites (N-methyl/N-ethyl adjacent to an activating group) is 1. The van der Waals surface area contributed by atoms with E-state index in [1.807, 2.05) is 14.0 Å². The summed E-state index contributed by atoms with van der Waals surface area (Å²) in [5.74, 6) is -0.334. The van der Waals surface area contributed by atoms with Crippen molar-refractivity contribution in [2.24, 2.45) is 0 Å². The number of ether oxygens (including phenoxy) is 1. The van der Waals surface area contributed by atoms with Gasteiger partial charge in [0.1, 0.15) is 5.82 Å². The molecule has 2 nitrogen and oxygen atoms in total. The Labute approximate surface area is 120 Å². The van der Waals surface area contributed by atoms with Gasteiger partial charge in [-0.15, -0.1) is 0 Å². The molecule has 1 rings (SSSR count). The smallest absolute Gasteiger partial charge is 0.145 e. The molecule has 108 valence electrons. The molecule has 0 spiro atoms. The van der Waals surface area contributed by atoms with Gasteiger partial charge in [-0.2, -0.15) is 0 Å². The molecule has 1 aromatic rings. The van der Waals surface area contributed by atoms with Gasteiger partial charge >= 0.3 is 0 Å². The number of nitrogens with one attached hydrogen (secondary N) is 1. The van der Waals surface area contributed by atoms with Gasteiger partial charge in [0, 0.05) is 12.6 Å². The molecule has 0 heterocycles. The summed E-state index contributed by atoms with van der Waals surface area (Å²) in [6.07, 6.45) is 1.40. The lowest BCUT2D eigenvalue weighted by molar-refractivity contribution is -0.0535. The van der Waals surface area contributed by atoms with E-state index in [9.17, 15) is 4.39 Å². The predicted molar refractivity (Wildman–Crippen MR) is 78.3 cm³/mol. The second kappa shape index (κ2) is 7.22. The SMILES string of the molecule is CCOC(C)(CC)C(Cc1cccc(Cl)c1F)NC. The first kappa shape index (κ1) is 16.4. The van der Waals surface area contributed by atoms with Gasteiger partial charge < -0.3 is 10.1 Å². The van der Waals surface area contributed by atoms with E-state index in [1.165, 1.54) is 0 Å². The zero-order chi connectivity index (χ0) is 14.5. The molecular weight excluding hydrogens is 265 g/mol. The van der Waals surface area contributed by atoms with Crippen molar-refractivity contribution >= 4 is 11.6 Å². The minimum absolute atomic E-state index is 0.0328. The Bertz CT molecular complexity index is 413. The Balaban J connectivity index is 2.95. The number of halogens is 2. The zero-order valence-electron chi connectivity index (χ0n) is 12.1. The van der Waals surface area contributed by atoms with Crippen LogP contribution in [0.1, 0.15) is 32.8 Å². The van der Waals surface area contributed by atoms with Crippen LogP contribution in [0.4, 0.5) is 4.39 Å². The van der Waals surface area contributed by atoms with E-state index < -0.39 is 0 Å². The molecule has 4 heteroatoms. The molecule has 0 saturated carbocycles. The third-order valence-corrected chi connectivity index (χ3v) is 4.01. The molecule has 0 fully saturated rings. The van der Waals surface area contributed by atoms with E-state index in [-0.39, 0.29) is 22.5 Å². The fraction of sp³-hybridized carbons (Fsp3) is 0.600. The van der Waals surface area contributed by atoms with Crippen molar-refractivity contribution in [1.29, 1.82) is 0 Å². The molecule has 1 aromatic carbocycles. The van der Waals surface area contributed by atoms with Crippen molar-refractivity contribution in [1.82, 2.24) is 5.32 Å². The molecule has 0 saturated heterocycles. The highest BCUT2D eigenvalue weighted by molar-refractivity contribution is 6.30. The molecule has 0 radical (unpaired) electrons. The summed E-state index contributed by atoms with van der Waals surface area (Å²) in [5.41, 5.74) is 0.296. The monoisotopic (exact) mass is 287 g/mol. The van der Waals surface area contributed by atoms with Crippen LogP contribution in [0.3, 0.4) is 0 Å². The van der Waals surface area contributed by atoms with Crippen molar-refractivity contribution in [3.63, 3.8) is 0 Å². The lowest BCUT2D eigenvalue weighted by atomic mass is 9.88. The van der Waals surface area contributed by atoms with Crippen LogP contribution >= 0.6 is 11.6 Å². The van der Waals surface area contributed by atoms with Gasteiger partial charge in [0.25, 0.3) is 0 Å². The third-order valence-electron chi connectivity index (χ3n) is 3.72.